The zero-order valence-corrected chi connectivity index (χ0v) is 13.8. The summed E-state index contributed by atoms with van der Waals surface area (Å²) in [6.45, 7) is 4.52. The molecule has 0 atom stereocenters. The van der Waals surface area contributed by atoms with E-state index in [1.807, 2.05) is 0 Å². The van der Waals surface area contributed by atoms with Crippen molar-refractivity contribution < 1.29 is 22.8 Å². The summed E-state index contributed by atoms with van der Waals surface area (Å²) in [6.07, 6.45) is -4.76. The van der Waals surface area contributed by atoms with E-state index in [0.717, 1.165) is 24.0 Å². The first-order valence-corrected chi connectivity index (χ1v) is 7.34. The lowest BCUT2D eigenvalue weighted by atomic mass is 10.1. The summed E-state index contributed by atoms with van der Waals surface area (Å²) in [5.41, 5.74) is -1.32. The van der Waals surface area contributed by atoms with Crippen LogP contribution in [0.5, 0.6) is 0 Å². The molecule has 1 aromatic rings. The molecule has 0 heterocycles. The molecule has 0 saturated heterocycles. The number of amides is 2. The summed E-state index contributed by atoms with van der Waals surface area (Å²) >= 11 is 5.62. The van der Waals surface area contributed by atoms with Gasteiger partial charge in [0.1, 0.15) is 0 Å². The molecule has 8 heteroatoms. The third-order valence-corrected chi connectivity index (χ3v) is 3.18. The van der Waals surface area contributed by atoms with E-state index in [0.29, 0.717) is 0 Å². The van der Waals surface area contributed by atoms with Crippen LogP contribution in [-0.4, -0.2) is 24.4 Å². The number of hydrogen-bond acceptors (Lipinski definition) is 2. The maximum absolute atomic E-state index is 13.1. The SMILES string of the molecule is CC(=O)N(CCC(=O)NC(C)C)c1ccc(Cl)cc1C(F)(F)F. The average molecular weight is 351 g/mol. The molecule has 4 nitrogen and oxygen atoms in total. The molecule has 0 aromatic heterocycles. The summed E-state index contributed by atoms with van der Waals surface area (Å²) in [6, 6.07) is 3.08. The van der Waals surface area contributed by atoms with E-state index < -0.39 is 17.6 Å². The van der Waals surface area contributed by atoms with E-state index in [1.165, 1.54) is 6.07 Å². The molecule has 0 radical (unpaired) electrons. The van der Waals surface area contributed by atoms with Crippen LogP contribution < -0.4 is 10.2 Å². The number of benzene rings is 1. The Morgan fingerprint density at radius 2 is 1.91 bits per heavy atom. The molecule has 0 spiro atoms. The summed E-state index contributed by atoms with van der Waals surface area (Å²) in [5, 5.41) is 2.54. The van der Waals surface area contributed by atoms with Crippen molar-refractivity contribution in [2.24, 2.45) is 0 Å². The van der Waals surface area contributed by atoms with Gasteiger partial charge in [0.2, 0.25) is 11.8 Å². The molecule has 0 saturated carbocycles. The topological polar surface area (TPSA) is 49.4 Å². The van der Waals surface area contributed by atoms with Gasteiger partial charge in [0.05, 0.1) is 11.3 Å². The van der Waals surface area contributed by atoms with Gasteiger partial charge in [-0.25, -0.2) is 0 Å². The number of nitrogens with one attached hydrogen (secondary N) is 1. The lowest BCUT2D eigenvalue weighted by molar-refractivity contribution is -0.137. The van der Waals surface area contributed by atoms with Crippen LogP contribution in [0, 0.1) is 0 Å². The molecule has 1 aromatic carbocycles. The third kappa shape index (κ3) is 5.74. The van der Waals surface area contributed by atoms with Crippen LogP contribution in [0.3, 0.4) is 0 Å². The summed E-state index contributed by atoms with van der Waals surface area (Å²) in [7, 11) is 0. The highest BCUT2D eigenvalue weighted by molar-refractivity contribution is 6.30. The van der Waals surface area contributed by atoms with Crippen molar-refractivity contribution in [3.8, 4) is 0 Å². The van der Waals surface area contributed by atoms with Crippen LogP contribution in [0.25, 0.3) is 0 Å². The van der Waals surface area contributed by atoms with Crippen molar-refractivity contribution in [2.45, 2.75) is 39.4 Å². The maximum Gasteiger partial charge on any atom is 0.418 e. The minimum atomic E-state index is -4.66. The Labute approximate surface area is 137 Å². The van der Waals surface area contributed by atoms with Crippen molar-refractivity contribution in [1.82, 2.24) is 5.32 Å². The predicted molar refractivity (Wildman–Crippen MR) is 82.4 cm³/mol. The standard InChI is InChI=1S/C15H18ClF3N2O2/c1-9(2)20-14(23)6-7-21(10(3)22)13-5-4-11(16)8-12(13)15(17,18)19/h4-5,8-9H,6-7H2,1-3H3,(H,20,23). The molecule has 1 N–H and O–H groups in total. The Hall–Kier alpha value is -1.76. The molecule has 128 valence electrons. The monoisotopic (exact) mass is 350 g/mol. The molecule has 1 rings (SSSR count). The Kier molecular flexibility index (Phi) is 6.44. The first-order chi connectivity index (χ1) is 10.5. The summed E-state index contributed by atoms with van der Waals surface area (Å²) in [4.78, 5) is 24.3. The van der Waals surface area contributed by atoms with Crippen LogP contribution >= 0.6 is 11.6 Å². The molecule has 2 amide bonds. The van der Waals surface area contributed by atoms with Crippen molar-refractivity contribution in [3.63, 3.8) is 0 Å². The van der Waals surface area contributed by atoms with Crippen LogP contribution in [0.15, 0.2) is 18.2 Å². The molecule has 0 fully saturated rings. The molecule has 0 aliphatic rings. The summed E-state index contributed by atoms with van der Waals surface area (Å²) < 4.78 is 39.4. The summed E-state index contributed by atoms with van der Waals surface area (Å²) in [5.74, 6) is -0.927. The number of hydrogen-bond donors (Lipinski definition) is 1. The second-order valence-corrected chi connectivity index (χ2v) is 5.74. The molecular formula is C15H18ClF3N2O2. The quantitative estimate of drug-likeness (QED) is 0.881. The fourth-order valence-electron chi connectivity index (χ4n) is 2.03. The van der Waals surface area contributed by atoms with Crippen LogP contribution in [0.1, 0.15) is 32.8 Å². The van der Waals surface area contributed by atoms with E-state index in [1.54, 1.807) is 13.8 Å². The zero-order chi connectivity index (χ0) is 17.8. The predicted octanol–water partition coefficient (Wildman–Crippen LogP) is 3.63. The van der Waals surface area contributed by atoms with Gasteiger partial charge >= 0.3 is 6.18 Å². The highest BCUT2D eigenvalue weighted by Gasteiger charge is 2.36. The van der Waals surface area contributed by atoms with E-state index >= 15 is 0 Å². The first kappa shape index (κ1) is 19.3. The van der Waals surface area contributed by atoms with Gasteiger partial charge in [0.15, 0.2) is 0 Å². The van der Waals surface area contributed by atoms with Gasteiger partial charge in [-0.1, -0.05) is 11.6 Å². The minimum Gasteiger partial charge on any atom is -0.354 e. The molecule has 0 bridgehead atoms. The number of halogens is 4. The highest BCUT2D eigenvalue weighted by atomic mass is 35.5. The van der Waals surface area contributed by atoms with Gasteiger partial charge in [-0.2, -0.15) is 13.2 Å². The number of carbonyl (C=O) groups excluding carboxylic acids is 2. The second-order valence-electron chi connectivity index (χ2n) is 5.30. The van der Waals surface area contributed by atoms with E-state index in [9.17, 15) is 22.8 Å². The maximum atomic E-state index is 13.1. The van der Waals surface area contributed by atoms with Gasteiger partial charge in [0, 0.05) is 31.0 Å². The van der Waals surface area contributed by atoms with Crippen molar-refractivity contribution >= 4 is 29.1 Å². The van der Waals surface area contributed by atoms with Crippen LogP contribution in [-0.2, 0) is 15.8 Å². The molecule has 23 heavy (non-hydrogen) atoms. The minimum absolute atomic E-state index is 0.0814. The Morgan fingerprint density at radius 1 is 1.30 bits per heavy atom. The van der Waals surface area contributed by atoms with E-state index in [2.05, 4.69) is 5.32 Å². The number of alkyl halides is 3. The lowest BCUT2D eigenvalue weighted by Crippen LogP contribution is -2.36. The van der Waals surface area contributed by atoms with Crippen LogP contribution in [0.2, 0.25) is 5.02 Å². The highest BCUT2D eigenvalue weighted by Crippen LogP contribution is 2.38. The van der Waals surface area contributed by atoms with E-state index in [-0.39, 0.29) is 35.6 Å². The fraction of sp³-hybridized carbons (Fsp3) is 0.467. The Bertz CT molecular complexity index is 589. The first-order valence-electron chi connectivity index (χ1n) is 6.96. The van der Waals surface area contributed by atoms with Gasteiger partial charge < -0.3 is 10.2 Å². The third-order valence-electron chi connectivity index (χ3n) is 2.95. The van der Waals surface area contributed by atoms with Crippen molar-refractivity contribution in [3.05, 3.63) is 28.8 Å². The van der Waals surface area contributed by atoms with Crippen molar-refractivity contribution in [1.29, 1.82) is 0 Å². The number of nitrogens with zero attached hydrogens (tertiary/aromatic N) is 1. The van der Waals surface area contributed by atoms with Gasteiger partial charge in [0.25, 0.3) is 0 Å². The second kappa shape index (κ2) is 7.68. The van der Waals surface area contributed by atoms with Gasteiger partial charge in [-0.15, -0.1) is 0 Å². The number of carbonyl (C=O) groups is 2. The van der Waals surface area contributed by atoms with Crippen molar-refractivity contribution in [2.75, 3.05) is 11.4 Å². The van der Waals surface area contributed by atoms with Gasteiger partial charge in [-0.3, -0.25) is 9.59 Å². The number of rotatable bonds is 5. The smallest absolute Gasteiger partial charge is 0.354 e. The molecular weight excluding hydrogens is 333 g/mol. The molecule has 0 unspecified atom stereocenters. The molecule has 0 aliphatic heterocycles. The molecule has 0 aliphatic carbocycles. The average Bonchev–Trinajstić information content (AvgIpc) is 2.37. The lowest BCUT2D eigenvalue weighted by Gasteiger charge is -2.25. The van der Waals surface area contributed by atoms with E-state index in [4.69, 9.17) is 11.6 Å². The Balaban J connectivity index is 3.07. The van der Waals surface area contributed by atoms with Gasteiger partial charge in [-0.05, 0) is 32.0 Å². The number of anilines is 1. The Morgan fingerprint density at radius 3 is 2.39 bits per heavy atom. The van der Waals surface area contributed by atoms with Crippen LogP contribution in [0.4, 0.5) is 18.9 Å². The fourth-order valence-corrected chi connectivity index (χ4v) is 2.20. The largest absolute Gasteiger partial charge is 0.418 e. The normalized spacial score (nSPS) is 11.5. The zero-order valence-electron chi connectivity index (χ0n) is 13.0.